The van der Waals surface area contributed by atoms with Crippen molar-refractivity contribution in [2.24, 2.45) is 4.99 Å². The molecule has 0 bridgehead atoms. The molecule has 0 saturated carbocycles. The van der Waals surface area contributed by atoms with Crippen molar-refractivity contribution in [1.82, 2.24) is 0 Å². The van der Waals surface area contributed by atoms with Crippen LogP contribution in [0, 0.1) is 0 Å². The molecule has 0 saturated heterocycles. The number of benzene rings is 1. The summed E-state index contributed by atoms with van der Waals surface area (Å²) >= 11 is 0. The minimum absolute atomic E-state index is 0.969. The highest BCUT2D eigenvalue weighted by atomic mass is 14.7. The van der Waals surface area contributed by atoms with Gasteiger partial charge in [-0.3, -0.25) is 4.99 Å². The first-order valence-corrected chi connectivity index (χ1v) is 6.35. The van der Waals surface area contributed by atoms with Gasteiger partial charge >= 0.3 is 0 Å². The summed E-state index contributed by atoms with van der Waals surface area (Å²) in [5, 5.41) is 0. The Morgan fingerprint density at radius 3 is 2.11 bits per heavy atom. The Bertz CT molecular complexity index is 581. The number of hydrogen-bond donors (Lipinski definition) is 0. The maximum absolute atomic E-state index is 4.66. The van der Waals surface area contributed by atoms with Crippen LogP contribution in [0.3, 0.4) is 0 Å². The molecular weight excluding hydrogens is 230 g/mol. The van der Waals surface area contributed by atoms with E-state index in [-0.39, 0.29) is 0 Å². The van der Waals surface area contributed by atoms with Crippen LogP contribution in [0.15, 0.2) is 95.7 Å². The Hall–Kier alpha value is -2.41. The van der Waals surface area contributed by atoms with Crippen molar-refractivity contribution in [3.8, 4) is 0 Å². The molecule has 1 aliphatic heterocycles. The van der Waals surface area contributed by atoms with Gasteiger partial charge in [0, 0.05) is 11.3 Å². The monoisotopic (exact) mass is 247 g/mol. The maximum atomic E-state index is 4.66. The second-order valence-corrected chi connectivity index (χ2v) is 4.18. The second-order valence-electron chi connectivity index (χ2n) is 4.18. The number of nitrogens with zero attached hydrogens (tertiary/aromatic N) is 1. The van der Waals surface area contributed by atoms with Gasteiger partial charge < -0.3 is 0 Å². The van der Waals surface area contributed by atoms with Crippen LogP contribution in [0.2, 0.25) is 0 Å². The Balaban J connectivity index is 2.40. The smallest absolute Gasteiger partial charge is 0.0705 e. The number of allylic oxidation sites excluding steroid dienone is 10. The molecule has 0 radical (unpaired) electrons. The fourth-order valence-electron chi connectivity index (χ4n) is 1.70. The van der Waals surface area contributed by atoms with E-state index in [0.29, 0.717) is 0 Å². The molecule has 94 valence electrons. The highest BCUT2D eigenvalue weighted by Crippen LogP contribution is 2.07. The molecule has 1 aromatic rings. The van der Waals surface area contributed by atoms with Crippen molar-refractivity contribution in [2.45, 2.75) is 6.92 Å². The molecule has 0 aliphatic carbocycles. The summed E-state index contributed by atoms with van der Waals surface area (Å²) in [5.74, 6) is 0. The topological polar surface area (TPSA) is 12.4 Å². The summed E-state index contributed by atoms with van der Waals surface area (Å²) in [6, 6.07) is 10.2. The quantitative estimate of drug-likeness (QED) is 0.686. The largest absolute Gasteiger partial charge is 0.253 e. The van der Waals surface area contributed by atoms with Gasteiger partial charge in [0.25, 0.3) is 0 Å². The van der Waals surface area contributed by atoms with Gasteiger partial charge in [-0.15, -0.1) is 0 Å². The molecule has 2 rings (SSSR count). The summed E-state index contributed by atoms with van der Waals surface area (Å²) < 4.78 is 0. The van der Waals surface area contributed by atoms with Gasteiger partial charge in [-0.25, -0.2) is 0 Å². The SMILES string of the molecule is CC1=C/C=C\C=C/C=C/C=C/C(c2ccccc2)=N\1. The van der Waals surface area contributed by atoms with E-state index in [0.717, 1.165) is 17.0 Å². The van der Waals surface area contributed by atoms with E-state index < -0.39 is 0 Å². The molecule has 1 aromatic carbocycles. The zero-order valence-electron chi connectivity index (χ0n) is 11.0. The van der Waals surface area contributed by atoms with Gasteiger partial charge in [-0.05, 0) is 19.1 Å². The van der Waals surface area contributed by atoms with Crippen LogP contribution in [0.5, 0.6) is 0 Å². The summed E-state index contributed by atoms with van der Waals surface area (Å²) in [7, 11) is 0. The third-order valence-corrected chi connectivity index (χ3v) is 2.62. The lowest BCUT2D eigenvalue weighted by molar-refractivity contribution is 1.30. The molecular formula is C18H17N. The lowest BCUT2D eigenvalue weighted by Gasteiger charge is -2.02. The van der Waals surface area contributed by atoms with Crippen molar-refractivity contribution >= 4 is 5.71 Å². The van der Waals surface area contributed by atoms with E-state index in [9.17, 15) is 0 Å². The molecule has 0 amide bonds. The van der Waals surface area contributed by atoms with Crippen LogP contribution in [-0.4, -0.2) is 5.71 Å². The third-order valence-electron chi connectivity index (χ3n) is 2.62. The van der Waals surface area contributed by atoms with E-state index in [1.807, 2.05) is 79.8 Å². The fourth-order valence-corrected chi connectivity index (χ4v) is 1.70. The van der Waals surface area contributed by atoms with Crippen LogP contribution in [0.1, 0.15) is 12.5 Å². The highest BCUT2D eigenvalue weighted by Gasteiger charge is 1.98. The van der Waals surface area contributed by atoms with Crippen molar-refractivity contribution < 1.29 is 0 Å². The zero-order valence-corrected chi connectivity index (χ0v) is 11.0. The summed E-state index contributed by atoms with van der Waals surface area (Å²) in [6.45, 7) is 2.01. The van der Waals surface area contributed by atoms with E-state index in [4.69, 9.17) is 0 Å². The minimum atomic E-state index is 0.969. The van der Waals surface area contributed by atoms with Gasteiger partial charge in [-0.1, -0.05) is 72.9 Å². The van der Waals surface area contributed by atoms with E-state index in [1.165, 1.54) is 0 Å². The van der Waals surface area contributed by atoms with Gasteiger partial charge in [0.15, 0.2) is 0 Å². The van der Waals surface area contributed by atoms with Crippen LogP contribution >= 0.6 is 0 Å². The first-order chi connectivity index (χ1) is 9.36. The standard InChI is InChI=1S/C18H17N/c1-16-12-8-5-3-2-4-6-11-15-18(19-16)17-13-9-7-10-14-17/h2-15H,1H3/b3-2-,4-2?,5-3?,6-4+,8-5-,11-6?,12-8?,15-11+,16-12-,18-15?,19-16?,19-18+. The van der Waals surface area contributed by atoms with Crippen molar-refractivity contribution in [2.75, 3.05) is 0 Å². The average Bonchev–Trinajstić information content (AvgIpc) is 2.43. The zero-order chi connectivity index (χ0) is 13.3. The predicted octanol–water partition coefficient (Wildman–Crippen LogP) is 4.62. The molecule has 0 aromatic heterocycles. The Kier molecular flexibility index (Phi) is 4.88. The number of rotatable bonds is 1. The van der Waals surface area contributed by atoms with Crippen LogP contribution in [0.25, 0.3) is 0 Å². The fraction of sp³-hybridized carbons (Fsp3) is 0.0556. The Morgan fingerprint density at radius 1 is 0.737 bits per heavy atom. The number of hydrogen-bond acceptors (Lipinski definition) is 1. The van der Waals surface area contributed by atoms with E-state index in [1.54, 1.807) is 0 Å². The Labute approximate surface area is 114 Å². The lowest BCUT2D eigenvalue weighted by Crippen LogP contribution is -1.96. The lowest BCUT2D eigenvalue weighted by atomic mass is 10.1. The first-order valence-electron chi connectivity index (χ1n) is 6.35. The van der Waals surface area contributed by atoms with Crippen molar-refractivity contribution in [3.05, 3.63) is 96.3 Å². The molecule has 1 aliphatic rings. The van der Waals surface area contributed by atoms with Gasteiger partial charge in [0.1, 0.15) is 0 Å². The predicted molar refractivity (Wildman–Crippen MR) is 83.3 cm³/mol. The summed E-state index contributed by atoms with van der Waals surface area (Å²) in [6.07, 6.45) is 18.0. The van der Waals surface area contributed by atoms with E-state index in [2.05, 4.69) is 17.1 Å². The highest BCUT2D eigenvalue weighted by molar-refractivity contribution is 6.09. The van der Waals surface area contributed by atoms with Gasteiger partial charge in [-0.2, -0.15) is 0 Å². The summed E-state index contributed by atoms with van der Waals surface area (Å²) in [5.41, 5.74) is 3.08. The molecule has 1 heteroatoms. The Morgan fingerprint density at radius 2 is 1.37 bits per heavy atom. The van der Waals surface area contributed by atoms with Crippen LogP contribution < -0.4 is 0 Å². The van der Waals surface area contributed by atoms with Crippen molar-refractivity contribution in [1.29, 1.82) is 0 Å². The normalized spacial score (nSPS) is 27.6. The first kappa shape index (κ1) is 13.0. The summed E-state index contributed by atoms with van der Waals surface area (Å²) in [4.78, 5) is 4.66. The van der Waals surface area contributed by atoms with Crippen LogP contribution in [0.4, 0.5) is 0 Å². The number of aliphatic imine (C=N–C) groups is 1. The maximum Gasteiger partial charge on any atom is 0.0705 e. The molecule has 0 spiro atoms. The van der Waals surface area contributed by atoms with Gasteiger partial charge in [0.2, 0.25) is 0 Å². The third kappa shape index (κ3) is 4.40. The average molecular weight is 247 g/mol. The molecule has 1 heterocycles. The molecule has 1 nitrogen and oxygen atoms in total. The molecule has 19 heavy (non-hydrogen) atoms. The van der Waals surface area contributed by atoms with Gasteiger partial charge in [0.05, 0.1) is 5.71 Å². The molecule has 0 fully saturated rings. The van der Waals surface area contributed by atoms with E-state index >= 15 is 0 Å². The minimum Gasteiger partial charge on any atom is -0.253 e. The molecule has 0 N–H and O–H groups in total. The van der Waals surface area contributed by atoms with Crippen molar-refractivity contribution in [3.63, 3.8) is 0 Å². The molecule has 0 unspecified atom stereocenters. The second kappa shape index (κ2) is 7.12. The van der Waals surface area contributed by atoms with Crippen LogP contribution in [-0.2, 0) is 0 Å². The molecule has 0 atom stereocenters.